The second kappa shape index (κ2) is 5.18. The van der Waals surface area contributed by atoms with Crippen LogP contribution in [0.5, 0.6) is 0 Å². The molecular formula is C15H10Cl2N4O2. The SMILES string of the molecule is O=c1[nH]c(=O)n(-c2ncccc2C2CC2)c2nc(Cl)c(Cl)cc12. The molecule has 0 atom stereocenters. The Morgan fingerprint density at radius 1 is 1.26 bits per heavy atom. The van der Waals surface area contributed by atoms with Gasteiger partial charge in [0.15, 0.2) is 5.65 Å². The quantitative estimate of drug-likeness (QED) is 0.722. The zero-order valence-electron chi connectivity index (χ0n) is 11.7. The number of rotatable bonds is 2. The van der Waals surface area contributed by atoms with Crippen LogP contribution in [0.1, 0.15) is 24.3 Å². The normalized spacial score (nSPS) is 14.3. The van der Waals surface area contributed by atoms with Crippen molar-refractivity contribution in [3.05, 3.63) is 61.0 Å². The van der Waals surface area contributed by atoms with E-state index in [0.717, 1.165) is 18.4 Å². The molecule has 0 aliphatic heterocycles. The first-order valence-electron chi connectivity index (χ1n) is 7.02. The molecule has 0 saturated heterocycles. The molecule has 0 spiro atoms. The fourth-order valence-corrected chi connectivity index (χ4v) is 2.90. The lowest BCUT2D eigenvalue weighted by atomic mass is 10.1. The zero-order chi connectivity index (χ0) is 16.1. The fraction of sp³-hybridized carbons (Fsp3) is 0.200. The van der Waals surface area contributed by atoms with Gasteiger partial charge in [0.2, 0.25) is 0 Å². The number of halogens is 2. The first-order chi connectivity index (χ1) is 11.1. The lowest BCUT2D eigenvalue weighted by Crippen LogP contribution is -2.31. The van der Waals surface area contributed by atoms with Gasteiger partial charge in [-0.05, 0) is 36.5 Å². The van der Waals surface area contributed by atoms with Crippen LogP contribution in [0.3, 0.4) is 0 Å². The maximum atomic E-state index is 12.4. The van der Waals surface area contributed by atoms with Gasteiger partial charge in [-0.2, -0.15) is 0 Å². The number of hydrogen-bond donors (Lipinski definition) is 1. The van der Waals surface area contributed by atoms with E-state index in [0.29, 0.717) is 11.7 Å². The highest BCUT2D eigenvalue weighted by molar-refractivity contribution is 6.41. The van der Waals surface area contributed by atoms with Gasteiger partial charge in [0.05, 0.1) is 10.4 Å². The molecule has 0 bridgehead atoms. The van der Waals surface area contributed by atoms with E-state index >= 15 is 0 Å². The average Bonchev–Trinajstić information content (AvgIpc) is 3.35. The summed E-state index contributed by atoms with van der Waals surface area (Å²) >= 11 is 11.9. The molecule has 116 valence electrons. The van der Waals surface area contributed by atoms with Crippen molar-refractivity contribution in [3.8, 4) is 5.82 Å². The Morgan fingerprint density at radius 2 is 2.04 bits per heavy atom. The number of nitrogens with zero attached hydrogens (tertiary/aromatic N) is 3. The van der Waals surface area contributed by atoms with Crippen molar-refractivity contribution in [1.82, 2.24) is 19.5 Å². The number of aromatic nitrogens is 4. The highest BCUT2D eigenvalue weighted by Gasteiger charge is 2.28. The van der Waals surface area contributed by atoms with E-state index < -0.39 is 11.2 Å². The van der Waals surface area contributed by atoms with Gasteiger partial charge in [0, 0.05) is 6.20 Å². The number of nitrogens with one attached hydrogen (secondary N) is 1. The van der Waals surface area contributed by atoms with E-state index in [9.17, 15) is 9.59 Å². The molecule has 8 heteroatoms. The van der Waals surface area contributed by atoms with Crippen molar-refractivity contribution < 1.29 is 0 Å². The van der Waals surface area contributed by atoms with Gasteiger partial charge in [0.25, 0.3) is 5.56 Å². The molecule has 6 nitrogen and oxygen atoms in total. The second-order valence-electron chi connectivity index (χ2n) is 5.42. The number of H-pyrrole nitrogens is 1. The summed E-state index contributed by atoms with van der Waals surface area (Å²) in [6, 6.07) is 5.16. The van der Waals surface area contributed by atoms with Crippen LogP contribution in [0.15, 0.2) is 34.0 Å². The van der Waals surface area contributed by atoms with Crippen LogP contribution < -0.4 is 11.2 Å². The minimum Gasteiger partial charge on any atom is -0.273 e. The number of pyridine rings is 2. The van der Waals surface area contributed by atoms with Gasteiger partial charge in [0.1, 0.15) is 11.0 Å². The lowest BCUT2D eigenvalue weighted by molar-refractivity contribution is 0.871. The third kappa shape index (κ3) is 2.34. The Labute approximate surface area is 139 Å². The maximum Gasteiger partial charge on any atom is 0.335 e. The molecule has 3 aromatic rings. The zero-order valence-corrected chi connectivity index (χ0v) is 13.2. The molecule has 0 aromatic carbocycles. The third-order valence-electron chi connectivity index (χ3n) is 3.84. The van der Waals surface area contributed by atoms with Crippen molar-refractivity contribution >= 4 is 34.2 Å². The van der Waals surface area contributed by atoms with Crippen LogP contribution in [0.25, 0.3) is 16.9 Å². The molecule has 0 radical (unpaired) electrons. The van der Waals surface area contributed by atoms with Gasteiger partial charge in [-0.15, -0.1) is 0 Å². The minimum atomic E-state index is -0.603. The van der Waals surface area contributed by atoms with Crippen molar-refractivity contribution in [1.29, 1.82) is 0 Å². The smallest absolute Gasteiger partial charge is 0.273 e. The Hall–Kier alpha value is -2.18. The monoisotopic (exact) mass is 348 g/mol. The van der Waals surface area contributed by atoms with Crippen LogP contribution in [-0.2, 0) is 0 Å². The summed E-state index contributed by atoms with van der Waals surface area (Å²) in [6.07, 6.45) is 3.70. The Morgan fingerprint density at radius 3 is 2.78 bits per heavy atom. The Balaban J connectivity index is 2.14. The van der Waals surface area contributed by atoms with Crippen LogP contribution in [0.4, 0.5) is 0 Å². The number of fused-ring (bicyclic) bond motifs is 1. The van der Waals surface area contributed by atoms with Crippen molar-refractivity contribution in [2.24, 2.45) is 0 Å². The van der Waals surface area contributed by atoms with Gasteiger partial charge in [-0.3, -0.25) is 9.78 Å². The van der Waals surface area contributed by atoms with Gasteiger partial charge >= 0.3 is 5.69 Å². The first kappa shape index (κ1) is 14.4. The largest absolute Gasteiger partial charge is 0.335 e. The molecule has 0 unspecified atom stereocenters. The molecule has 1 N–H and O–H groups in total. The molecular weight excluding hydrogens is 339 g/mol. The standard InChI is InChI=1S/C15H10Cl2N4O2/c16-10-6-9-13(19-11(10)17)21(15(23)20-14(9)22)12-8(7-3-4-7)2-1-5-18-12/h1-2,5-7H,3-4H2,(H,20,22,23). The summed E-state index contributed by atoms with van der Waals surface area (Å²) in [6.45, 7) is 0. The van der Waals surface area contributed by atoms with Crippen molar-refractivity contribution in [2.75, 3.05) is 0 Å². The molecule has 1 fully saturated rings. The van der Waals surface area contributed by atoms with E-state index in [4.69, 9.17) is 23.2 Å². The van der Waals surface area contributed by atoms with Crippen LogP contribution in [0.2, 0.25) is 10.2 Å². The lowest BCUT2D eigenvalue weighted by Gasteiger charge is -2.12. The van der Waals surface area contributed by atoms with E-state index in [1.807, 2.05) is 12.1 Å². The van der Waals surface area contributed by atoms with E-state index in [1.54, 1.807) is 6.20 Å². The van der Waals surface area contributed by atoms with Crippen molar-refractivity contribution in [2.45, 2.75) is 18.8 Å². The van der Waals surface area contributed by atoms with Gasteiger partial charge in [-0.1, -0.05) is 29.3 Å². The summed E-state index contributed by atoms with van der Waals surface area (Å²) in [5, 5.41) is 0.367. The maximum absolute atomic E-state index is 12.4. The minimum absolute atomic E-state index is 0.0295. The van der Waals surface area contributed by atoms with E-state index in [2.05, 4.69) is 15.0 Å². The second-order valence-corrected chi connectivity index (χ2v) is 6.18. The van der Waals surface area contributed by atoms with Crippen LogP contribution in [-0.4, -0.2) is 19.5 Å². The third-order valence-corrected chi connectivity index (χ3v) is 4.51. The Kier molecular flexibility index (Phi) is 3.25. The first-order valence-corrected chi connectivity index (χ1v) is 7.78. The number of hydrogen-bond acceptors (Lipinski definition) is 4. The summed E-state index contributed by atoms with van der Waals surface area (Å²) in [4.78, 5) is 35.2. The highest BCUT2D eigenvalue weighted by atomic mass is 35.5. The summed E-state index contributed by atoms with van der Waals surface area (Å²) in [5.41, 5.74) is -0.0604. The summed E-state index contributed by atoms with van der Waals surface area (Å²) in [7, 11) is 0. The molecule has 4 rings (SSSR count). The predicted octanol–water partition coefficient (Wildman–Crippen LogP) is 2.65. The highest BCUT2D eigenvalue weighted by Crippen LogP contribution is 2.42. The Bertz CT molecular complexity index is 1050. The van der Waals surface area contributed by atoms with Crippen LogP contribution in [0, 0.1) is 0 Å². The van der Waals surface area contributed by atoms with E-state index in [1.165, 1.54) is 10.6 Å². The molecule has 1 aliphatic carbocycles. The molecule has 23 heavy (non-hydrogen) atoms. The molecule has 1 aliphatic rings. The average molecular weight is 349 g/mol. The van der Waals surface area contributed by atoms with Gasteiger partial charge in [-0.25, -0.2) is 19.3 Å². The van der Waals surface area contributed by atoms with Crippen LogP contribution >= 0.6 is 23.2 Å². The van der Waals surface area contributed by atoms with Crippen molar-refractivity contribution in [3.63, 3.8) is 0 Å². The summed E-state index contributed by atoms with van der Waals surface area (Å²) < 4.78 is 1.28. The topological polar surface area (TPSA) is 80.6 Å². The predicted molar refractivity (Wildman–Crippen MR) is 87.8 cm³/mol. The molecule has 3 heterocycles. The summed E-state index contributed by atoms with van der Waals surface area (Å²) in [5.74, 6) is 0.836. The number of aromatic amines is 1. The molecule has 0 amide bonds. The van der Waals surface area contributed by atoms with E-state index in [-0.39, 0.29) is 21.2 Å². The van der Waals surface area contributed by atoms with Gasteiger partial charge < -0.3 is 0 Å². The molecule has 3 aromatic heterocycles. The molecule has 1 saturated carbocycles. The fourth-order valence-electron chi connectivity index (χ4n) is 2.62.